The molecule has 4 rings (SSSR count). The fraction of sp³-hybridized carbons (Fsp3) is 0.364. The first-order valence-corrected chi connectivity index (χ1v) is 9.58. The maximum Gasteiger partial charge on any atom is 0.190 e. The van der Waals surface area contributed by atoms with E-state index in [4.69, 9.17) is 9.47 Å². The Labute approximate surface area is 164 Å². The topological polar surface area (TPSA) is 83.6 Å². The molecule has 0 amide bonds. The highest BCUT2D eigenvalue weighted by Crippen LogP contribution is 2.37. The molecule has 0 saturated heterocycles. The normalized spacial score (nSPS) is 23.6. The van der Waals surface area contributed by atoms with Crippen LogP contribution in [0, 0.1) is 0 Å². The number of aliphatic imine (C=N–C) groups is 2. The molecule has 2 heterocycles. The van der Waals surface area contributed by atoms with E-state index in [1.807, 2.05) is 12.1 Å². The Morgan fingerprint density at radius 2 is 1.21 bits per heavy atom. The van der Waals surface area contributed by atoms with Crippen LogP contribution in [0.25, 0.3) is 0 Å². The summed E-state index contributed by atoms with van der Waals surface area (Å²) in [6.07, 6.45) is 1.46. The van der Waals surface area contributed by atoms with Crippen molar-refractivity contribution in [2.75, 3.05) is 13.1 Å². The van der Waals surface area contributed by atoms with Gasteiger partial charge in [-0.3, -0.25) is 9.98 Å². The van der Waals surface area contributed by atoms with Crippen LogP contribution in [0.15, 0.2) is 46.4 Å². The van der Waals surface area contributed by atoms with Gasteiger partial charge in [-0.05, 0) is 35.1 Å². The molecule has 2 aromatic rings. The van der Waals surface area contributed by atoms with Crippen LogP contribution in [-0.4, -0.2) is 35.1 Å². The minimum Gasteiger partial charge on any atom is -0.508 e. The number of ether oxygens (including phenoxy) is 2. The lowest BCUT2D eigenvalue weighted by atomic mass is 9.94. The molecule has 6 nitrogen and oxygen atoms in total. The Morgan fingerprint density at radius 1 is 0.786 bits per heavy atom. The van der Waals surface area contributed by atoms with E-state index in [0.717, 1.165) is 24.0 Å². The van der Waals surface area contributed by atoms with Crippen LogP contribution >= 0.6 is 0 Å². The van der Waals surface area contributed by atoms with E-state index in [-0.39, 0.29) is 11.5 Å². The van der Waals surface area contributed by atoms with Gasteiger partial charge in [-0.15, -0.1) is 0 Å². The number of phenolic OH excluding ortho intramolecular Hbond substituents is 2. The average molecular weight is 380 g/mol. The van der Waals surface area contributed by atoms with Crippen LogP contribution in [-0.2, 0) is 0 Å². The molecule has 2 aromatic carbocycles. The Bertz CT molecular complexity index is 874. The van der Waals surface area contributed by atoms with Crippen molar-refractivity contribution >= 4 is 11.8 Å². The van der Waals surface area contributed by atoms with Gasteiger partial charge in [0.15, 0.2) is 11.8 Å². The SMILES string of the molecule is CC1CC(=NCCN=C2CC(C)c3ccc(O)cc3O2)Oc2cc(O)ccc21. The minimum atomic E-state index is 0.188. The number of rotatable bonds is 3. The van der Waals surface area contributed by atoms with Crippen molar-refractivity contribution in [3.8, 4) is 23.0 Å². The molecule has 2 unspecified atom stereocenters. The van der Waals surface area contributed by atoms with Crippen LogP contribution in [0.2, 0.25) is 0 Å². The van der Waals surface area contributed by atoms with Crippen molar-refractivity contribution in [1.29, 1.82) is 0 Å². The number of hydrogen-bond donors (Lipinski definition) is 2. The first-order chi connectivity index (χ1) is 13.5. The number of hydrogen-bond acceptors (Lipinski definition) is 6. The van der Waals surface area contributed by atoms with Gasteiger partial charge in [-0.1, -0.05) is 26.0 Å². The monoisotopic (exact) mass is 380 g/mol. The summed E-state index contributed by atoms with van der Waals surface area (Å²) in [5.74, 6) is 3.64. The lowest BCUT2D eigenvalue weighted by Gasteiger charge is -2.24. The van der Waals surface area contributed by atoms with E-state index in [1.165, 1.54) is 0 Å². The van der Waals surface area contributed by atoms with Gasteiger partial charge in [0, 0.05) is 25.0 Å². The van der Waals surface area contributed by atoms with Crippen molar-refractivity contribution in [2.45, 2.75) is 38.5 Å². The molecule has 0 saturated carbocycles. The largest absolute Gasteiger partial charge is 0.508 e. The van der Waals surface area contributed by atoms with Crippen molar-refractivity contribution in [1.82, 2.24) is 0 Å². The second kappa shape index (κ2) is 7.54. The summed E-state index contributed by atoms with van der Waals surface area (Å²) in [7, 11) is 0. The van der Waals surface area contributed by atoms with Crippen LogP contribution in [0.4, 0.5) is 0 Å². The Kier molecular flexibility index (Phi) is 4.94. The first-order valence-electron chi connectivity index (χ1n) is 9.58. The van der Waals surface area contributed by atoms with Crippen LogP contribution in [0.3, 0.4) is 0 Å². The third-order valence-electron chi connectivity index (χ3n) is 5.15. The molecule has 146 valence electrons. The third-order valence-corrected chi connectivity index (χ3v) is 5.15. The zero-order valence-corrected chi connectivity index (χ0v) is 16.1. The lowest BCUT2D eigenvalue weighted by Crippen LogP contribution is -2.21. The predicted octanol–water partition coefficient (Wildman–Crippen LogP) is 4.37. The number of phenols is 2. The van der Waals surface area contributed by atoms with E-state index in [1.54, 1.807) is 24.3 Å². The molecule has 0 aromatic heterocycles. The van der Waals surface area contributed by atoms with Crippen LogP contribution in [0.5, 0.6) is 23.0 Å². The fourth-order valence-corrected chi connectivity index (χ4v) is 3.66. The molecule has 0 fully saturated rings. The standard InChI is InChI=1S/C22H24N2O4/c1-13-9-21(27-19-11-15(25)3-5-17(13)19)23-7-8-24-22-10-14(2)18-6-4-16(26)12-20(18)28-22/h3-6,11-14,25-26H,7-10H2,1-2H3. The zero-order valence-electron chi connectivity index (χ0n) is 16.1. The Morgan fingerprint density at radius 3 is 1.64 bits per heavy atom. The maximum absolute atomic E-state index is 9.66. The number of aromatic hydroxyl groups is 2. The van der Waals surface area contributed by atoms with Gasteiger partial charge in [0.25, 0.3) is 0 Å². The molecule has 0 bridgehead atoms. The van der Waals surface area contributed by atoms with Gasteiger partial charge in [0.1, 0.15) is 23.0 Å². The molecule has 2 N–H and O–H groups in total. The van der Waals surface area contributed by atoms with Crippen molar-refractivity contribution < 1.29 is 19.7 Å². The van der Waals surface area contributed by atoms with Gasteiger partial charge in [-0.25, -0.2) is 0 Å². The first kappa shape index (κ1) is 18.3. The van der Waals surface area contributed by atoms with Gasteiger partial charge in [0.05, 0.1) is 13.1 Å². The number of benzene rings is 2. The second-order valence-electron chi connectivity index (χ2n) is 7.41. The molecule has 2 aliphatic heterocycles. The Hall–Kier alpha value is -3.02. The number of nitrogens with zero attached hydrogens (tertiary/aromatic N) is 2. The molecule has 2 aliphatic rings. The van der Waals surface area contributed by atoms with E-state index >= 15 is 0 Å². The molecular formula is C22H24N2O4. The molecule has 0 aliphatic carbocycles. The zero-order chi connectivity index (χ0) is 19.7. The summed E-state index contributed by atoms with van der Waals surface area (Å²) < 4.78 is 11.7. The molecule has 0 spiro atoms. The predicted molar refractivity (Wildman–Crippen MR) is 108 cm³/mol. The van der Waals surface area contributed by atoms with E-state index in [0.29, 0.717) is 48.2 Å². The van der Waals surface area contributed by atoms with E-state index in [9.17, 15) is 10.2 Å². The lowest BCUT2D eigenvalue weighted by molar-refractivity contribution is 0.449. The van der Waals surface area contributed by atoms with Crippen molar-refractivity contribution in [3.63, 3.8) is 0 Å². The summed E-state index contributed by atoms with van der Waals surface area (Å²) in [6, 6.07) is 10.4. The van der Waals surface area contributed by atoms with Gasteiger partial charge in [-0.2, -0.15) is 0 Å². The van der Waals surface area contributed by atoms with E-state index in [2.05, 4.69) is 23.8 Å². The molecule has 0 radical (unpaired) electrons. The van der Waals surface area contributed by atoms with Gasteiger partial charge in [0.2, 0.25) is 0 Å². The van der Waals surface area contributed by atoms with Crippen LogP contribution < -0.4 is 9.47 Å². The van der Waals surface area contributed by atoms with Crippen LogP contribution in [0.1, 0.15) is 49.7 Å². The number of fused-ring (bicyclic) bond motifs is 2. The molecule has 28 heavy (non-hydrogen) atoms. The molecule has 6 heteroatoms. The summed E-state index contributed by atoms with van der Waals surface area (Å²) in [5, 5.41) is 19.3. The highest BCUT2D eigenvalue weighted by molar-refractivity contribution is 5.83. The van der Waals surface area contributed by atoms with E-state index < -0.39 is 0 Å². The highest BCUT2D eigenvalue weighted by Gasteiger charge is 2.24. The highest BCUT2D eigenvalue weighted by atomic mass is 16.5. The average Bonchev–Trinajstić information content (AvgIpc) is 2.64. The molecule has 2 atom stereocenters. The van der Waals surface area contributed by atoms with Gasteiger partial charge < -0.3 is 19.7 Å². The summed E-state index contributed by atoms with van der Waals surface area (Å²) in [6.45, 7) is 5.26. The summed E-state index contributed by atoms with van der Waals surface area (Å²) in [5.41, 5.74) is 2.17. The molecular weight excluding hydrogens is 356 g/mol. The minimum absolute atomic E-state index is 0.188. The van der Waals surface area contributed by atoms with Crippen molar-refractivity contribution in [3.05, 3.63) is 47.5 Å². The Balaban J connectivity index is 1.39. The fourth-order valence-electron chi connectivity index (χ4n) is 3.66. The van der Waals surface area contributed by atoms with Crippen molar-refractivity contribution in [2.24, 2.45) is 9.98 Å². The quantitative estimate of drug-likeness (QED) is 0.775. The smallest absolute Gasteiger partial charge is 0.190 e. The summed E-state index contributed by atoms with van der Waals surface area (Å²) >= 11 is 0. The second-order valence-corrected chi connectivity index (χ2v) is 7.41. The maximum atomic E-state index is 9.66. The summed E-state index contributed by atoms with van der Waals surface area (Å²) in [4.78, 5) is 9.07. The third kappa shape index (κ3) is 3.81. The van der Waals surface area contributed by atoms with Gasteiger partial charge >= 0.3 is 0 Å².